The highest BCUT2D eigenvalue weighted by Crippen LogP contribution is 2.22. The first kappa shape index (κ1) is 21.5. The molecule has 1 heterocycles. The summed E-state index contributed by atoms with van der Waals surface area (Å²) in [5.74, 6) is -0.318. The zero-order valence-electron chi connectivity index (χ0n) is 16.5. The third kappa shape index (κ3) is 5.66. The number of benzene rings is 2. The molecule has 0 atom stereocenters. The largest absolute Gasteiger partial charge is 0.370 e. The second-order valence-corrected chi connectivity index (χ2v) is 7.57. The number of aromatic nitrogens is 3. The van der Waals surface area contributed by atoms with E-state index in [0.29, 0.717) is 17.4 Å². The summed E-state index contributed by atoms with van der Waals surface area (Å²) in [6.45, 7) is 2.58. The lowest BCUT2D eigenvalue weighted by molar-refractivity contribution is -0.118. The fourth-order valence-electron chi connectivity index (χ4n) is 2.86. The Kier molecular flexibility index (Phi) is 7.18. The standard InChI is InChI=1S/C21H22FN5O2S/c1-15-24-25-21(27(15)13-16-5-3-2-4-6-16)30-14-20(29)26(12-11-19(23)28)18-9-7-17(22)8-10-18/h2-10H,11-14H2,1H3,(H2,23,28). The van der Waals surface area contributed by atoms with Crippen LogP contribution in [0.1, 0.15) is 17.8 Å². The number of nitrogens with zero attached hydrogens (tertiary/aromatic N) is 4. The maximum Gasteiger partial charge on any atom is 0.237 e. The number of halogens is 1. The van der Waals surface area contributed by atoms with Crippen molar-refractivity contribution in [1.29, 1.82) is 0 Å². The number of rotatable bonds is 9. The lowest BCUT2D eigenvalue weighted by atomic mass is 10.2. The summed E-state index contributed by atoms with van der Waals surface area (Å²) in [4.78, 5) is 25.5. The van der Waals surface area contributed by atoms with Crippen LogP contribution in [0, 0.1) is 12.7 Å². The second-order valence-electron chi connectivity index (χ2n) is 6.63. The molecule has 0 spiro atoms. The van der Waals surface area contributed by atoms with Crippen LogP contribution < -0.4 is 10.6 Å². The highest BCUT2D eigenvalue weighted by molar-refractivity contribution is 7.99. The first-order chi connectivity index (χ1) is 14.4. The molecule has 0 radical (unpaired) electrons. The number of carbonyl (C=O) groups excluding carboxylic acids is 2. The van der Waals surface area contributed by atoms with Crippen molar-refractivity contribution >= 4 is 29.3 Å². The van der Waals surface area contributed by atoms with E-state index in [1.807, 2.05) is 41.8 Å². The van der Waals surface area contributed by atoms with E-state index in [1.54, 1.807) is 0 Å². The first-order valence-corrected chi connectivity index (χ1v) is 10.3. The molecule has 1 aromatic heterocycles. The number of anilines is 1. The Morgan fingerprint density at radius 3 is 2.47 bits per heavy atom. The molecule has 0 aliphatic carbocycles. The lowest BCUT2D eigenvalue weighted by Gasteiger charge is -2.22. The van der Waals surface area contributed by atoms with Gasteiger partial charge in [-0.25, -0.2) is 4.39 Å². The Morgan fingerprint density at radius 2 is 1.80 bits per heavy atom. The fraction of sp³-hybridized carbons (Fsp3) is 0.238. The number of aryl methyl sites for hydroxylation is 1. The molecule has 2 amide bonds. The Balaban J connectivity index is 1.72. The molecule has 0 saturated carbocycles. The van der Waals surface area contributed by atoms with E-state index < -0.39 is 11.7 Å². The van der Waals surface area contributed by atoms with E-state index in [9.17, 15) is 14.0 Å². The van der Waals surface area contributed by atoms with Gasteiger partial charge in [-0.2, -0.15) is 0 Å². The zero-order valence-corrected chi connectivity index (χ0v) is 17.3. The number of hydrogen-bond donors (Lipinski definition) is 1. The maximum atomic E-state index is 13.3. The fourth-order valence-corrected chi connectivity index (χ4v) is 3.72. The summed E-state index contributed by atoms with van der Waals surface area (Å²) in [6, 6.07) is 15.4. The minimum atomic E-state index is -0.513. The molecule has 3 rings (SSSR count). The van der Waals surface area contributed by atoms with Crippen molar-refractivity contribution in [3.05, 3.63) is 71.8 Å². The Bertz CT molecular complexity index is 1010. The molecule has 0 bridgehead atoms. The predicted octanol–water partition coefficient (Wildman–Crippen LogP) is 2.77. The summed E-state index contributed by atoms with van der Waals surface area (Å²) >= 11 is 1.26. The maximum absolute atomic E-state index is 13.3. The highest BCUT2D eigenvalue weighted by Gasteiger charge is 2.19. The summed E-state index contributed by atoms with van der Waals surface area (Å²) in [5.41, 5.74) is 6.85. The van der Waals surface area contributed by atoms with Crippen LogP contribution in [0.4, 0.5) is 10.1 Å². The molecule has 7 nitrogen and oxygen atoms in total. The minimum Gasteiger partial charge on any atom is -0.370 e. The molecule has 9 heteroatoms. The van der Waals surface area contributed by atoms with Gasteiger partial charge < -0.3 is 15.2 Å². The van der Waals surface area contributed by atoms with Gasteiger partial charge in [0.15, 0.2) is 5.16 Å². The molecular formula is C21H22FN5O2S. The van der Waals surface area contributed by atoms with Gasteiger partial charge >= 0.3 is 0 Å². The minimum absolute atomic E-state index is 0.0110. The lowest BCUT2D eigenvalue weighted by Crippen LogP contribution is -2.35. The van der Waals surface area contributed by atoms with Crippen LogP contribution in [-0.2, 0) is 16.1 Å². The predicted molar refractivity (Wildman–Crippen MR) is 114 cm³/mol. The van der Waals surface area contributed by atoms with Crippen LogP contribution in [0.3, 0.4) is 0 Å². The summed E-state index contributed by atoms with van der Waals surface area (Å²) in [6.07, 6.45) is 0.0110. The van der Waals surface area contributed by atoms with E-state index in [4.69, 9.17) is 5.73 Å². The third-order valence-electron chi connectivity index (χ3n) is 4.43. The Hall–Kier alpha value is -3.20. The normalized spacial score (nSPS) is 10.7. The molecule has 2 N–H and O–H groups in total. The topological polar surface area (TPSA) is 94.1 Å². The van der Waals surface area contributed by atoms with E-state index in [0.717, 1.165) is 11.4 Å². The highest BCUT2D eigenvalue weighted by atomic mass is 32.2. The van der Waals surface area contributed by atoms with Crippen molar-refractivity contribution in [1.82, 2.24) is 14.8 Å². The molecule has 0 fully saturated rings. The molecular weight excluding hydrogens is 405 g/mol. The molecule has 0 saturated heterocycles. The number of hydrogen-bond acceptors (Lipinski definition) is 5. The quantitative estimate of drug-likeness (QED) is 0.530. The van der Waals surface area contributed by atoms with Gasteiger partial charge in [-0.15, -0.1) is 10.2 Å². The van der Waals surface area contributed by atoms with Crippen LogP contribution >= 0.6 is 11.8 Å². The molecule has 0 aliphatic rings. The summed E-state index contributed by atoms with van der Waals surface area (Å²) in [5, 5.41) is 8.93. The van der Waals surface area contributed by atoms with Crippen molar-refractivity contribution in [2.75, 3.05) is 17.2 Å². The third-order valence-corrected chi connectivity index (χ3v) is 5.38. The van der Waals surface area contributed by atoms with Crippen molar-refractivity contribution in [2.24, 2.45) is 5.73 Å². The molecule has 156 valence electrons. The first-order valence-electron chi connectivity index (χ1n) is 9.35. The Labute approximate surface area is 178 Å². The van der Waals surface area contributed by atoms with Gasteiger partial charge in [0.2, 0.25) is 11.8 Å². The van der Waals surface area contributed by atoms with Crippen LogP contribution in [-0.4, -0.2) is 38.9 Å². The van der Waals surface area contributed by atoms with Crippen LogP contribution in [0.25, 0.3) is 0 Å². The van der Waals surface area contributed by atoms with Crippen LogP contribution in [0.2, 0.25) is 0 Å². The number of primary amides is 1. The van der Waals surface area contributed by atoms with Crippen molar-refractivity contribution < 1.29 is 14.0 Å². The molecule has 3 aromatic rings. The Morgan fingerprint density at radius 1 is 1.10 bits per heavy atom. The SMILES string of the molecule is Cc1nnc(SCC(=O)N(CCC(N)=O)c2ccc(F)cc2)n1Cc1ccccc1. The van der Waals surface area contributed by atoms with Crippen molar-refractivity contribution in [3.8, 4) is 0 Å². The number of thioether (sulfide) groups is 1. The van der Waals surface area contributed by atoms with Crippen molar-refractivity contribution in [3.63, 3.8) is 0 Å². The molecule has 30 heavy (non-hydrogen) atoms. The van der Waals surface area contributed by atoms with Gasteiger partial charge in [-0.1, -0.05) is 42.1 Å². The van der Waals surface area contributed by atoms with Gasteiger partial charge in [0.1, 0.15) is 11.6 Å². The second kappa shape index (κ2) is 10.0. The number of amides is 2. The van der Waals surface area contributed by atoms with Crippen molar-refractivity contribution in [2.45, 2.75) is 25.0 Å². The average Bonchev–Trinajstić information content (AvgIpc) is 3.08. The molecule has 0 aliphatic heterocycles. The average molecular weight is 428 g/mol. The number of nitrogens with two attached hydrogens (primary N) is 1. The van der Waals surface area contributed by atoms with Gasteiger partial charge in [-0.3, -0.25) is 9.59 Å². The van der Waals surface area contributed by atoms with E-state index in [2.05, 4.69) is 10.2 Å². The monoisotopic (exact) mass is 427 g/mol. The van der Waals surface area contributed by atoms with E-state index in [1.165, 1.54) is 40.9 Å². The van der Waals surface area contributed by atoms with E-state index in [-0.39, 0.29) is 24.6 Å². The van der Waals surface area contributed by atoms with Gasteiger partial charge in [0, 0.05) is 18.7 Å². The van der Waals surface area contributed by atoms with Crippen LogP contribution in [0.15, 0.2) is 59.8 Å². The van der Waals surface area contributed by atoms with Gasteiger partial charge in [-0.05, 0) is 36.8 Å². The van der Waals surface area contributed by atoms with Crippen LogP contribution in [0.5, 0.6) is 0 Å². The van der Waals surface area contributed by atoms with Gasteiger partial charge in [0.05, 0.1) is 12.3 Å². The molecule has 0 unspecified atom stereocenters. The van der Waals surface area contributed by atoms with E-state index >= 15 is 0 Å². The number of carbonyl (C=O) groups is 2. The summed E-state index contributed by atoms with van der Waals surface area (Å²) < 4.78 is 15.2. The smallest absolute Gasteiger partial charge is 0.237 e. The zero-order chi connectivity index (χ0) is 21.5. The summed E-state index contributed by atoms with van der Waals surface area (Å²) in [7, 11) is 0. The molecule has 2 aromatic carbocycles. The van der Waals surface area contributed by atoms with Gasteiger partial charge in [0.25, 0.3) is 0 Å².